The van der Waals surface area contributed by atoms with Crippen LogP contribution in [0.3, 0.4) is 0 Å². The number of benzene rings is 1. The Bertz CT molecular complexity index is 567. The van der Waals surface area contributed by atoms with Crippen molar-refractivity contribution in [3.63, 3.8) is 0 Å². The largest absolute Gasteiger partial charge is 0.294 e. The summed E-state index contributed by atoms with van der Waals surface area (Å²) in [5, 5.41) is 0. The van der Waals surface area contributed by atoms with Crippen molar-refractivity contribution in [1.82, 2.24) is 0 Å². The maximum atomic E-state index is 12.9. The molecule has 136 valence electrons. The molecule has 1 atom stereocenters. The first kappa shape index (κ1) is 19.7. The average molecular weight is 339 g/mol. The summed E-state index contributed by atoms with van der Waals surface area (Å²) >= 11 is 0. The highest BCUT2D eigenvalue weighted by Crippen LogP contribution is 2.39. The van der Waals surface area contributed by atoms with Crippen molar-refractivity contribution in [2.75, 3.05) is 0 Å². The molecule has 2 rings (SSSR count). The first-order valence-corrected chi connectivity index (χ1v) is 10.2. The summed E-state index contributed by atoms with van der Waals surface area (Å²) in [5.41, 5.74) is 3.69. The van der Waals surface area contributed by atoms with Crippen molar-refractivity contribution >= 4 is 11.4 Å². The maximum Gasteiger partial charge on any atom is 0.162 e. The molecule has 0 spiro atoms. The third-order valence-corrected chi connectivity index (χ3v) is 5.32. The molecule has 1 aliphatic rings. The van der Waals surface area contributed by atoms with Crippen molar-refractivity contribution in [1.29, 1.82) is 0 Å². The molecule has 0 saturated carbocycles. The highest BCUT2D eigenvalue weighted by Gasteiger charge is 2.32. The summed E-state index contributed by atoms with van der Waals surface area (Å²) in [7, 11) is 0. The van der Waals surface area contributed by atoms with Gasteiger partial charge in [-0.25, -0.2) is 0 Å². The second-order valence-corrected chi connectivity index (χ2v) is 7.33. The minimum atomic E-state index is 0.234. The van der Waals surface area contributed by atoms with Crippen LogP contribution in [0.5, 0.6) is 0 Å². The Morgan fingerprint density at radius 1 is 1.04 bits per heavy atom. The lowest BCUT2D eigenvalue weighted by Crippen LogP contribution is -2.10. The van der Waals surface area contributed by atoms with E-state index < -0.39 is 0 Å². The van der Waals surface area contributed by atoms with E-state index in [2.05, 4.69) is 37.8 Å². The zero-order valence-electron chi connectivity index (χ0n) is 15.9. The molecule has 1 heteroatoms. The molecule has 0 aromatic heterocycles. The number of rotatable bonds is 12. The van der Waals surface area contributed by atoms with Gasteiger partial charge in [-0.3, -0.25) is 4.79 Å². The normalized spacial score (nSPS) is 17.3. The number of unbranched alkanes of at least 4 members (excludes halogenated alkanes) is 6. The standard InChI is InChI=1S/C24H34O/c1-3-5-6-7-8-9-10-12-18-21-19-23(20-16-13-11-14-17-20)22(15-4-2)24(21)25/h3,11,13-14,16-17,21H,1,4-10,12,15,18-19H2,2H3. The van der Waals surface area contributed by atoms with Gasteiger partial charge in [0.25, 0.3) is 0 Å². The fourth-order valence-corrected chi connectivity index (χ4v) is 3.93. The van der Waals surface area contributed by atoms with Gasteiger partial charge in [0.15, 0.2) is 5.78 Å². The van der Waals surface area contributed by atoms with Crippen LogP contribution in [0.1, 0.15) is 83.1 Å². The Morgan fingerprint density at radius 2 is 1.72 bits per heavy atom. The van der Waals surface area contributed by atoms with Crippen molar-refractivity contribution in [3.8, 4) is 0 Å². The monoisotopic (exact) mass is 338 g/mol. The van der Waals surface area contributed by atoms with E-state index in [9.17, 15) is 4.79 Å². The van der Waals surface area contributed by atoms with Crippen LogP contribution in [-0.2, 0) is 4.79 Å². The van der Waals surface area contributed by atoms with E-state index in [0.717, 1.165) is 37.7 Å². The molecule has 1 aliphatic carbocycles. The number of hydrogen-bond donors (Lipinski definition) is 0. The Kier molecular flexibility index (Phi) is 8.72. The van der Waals surface area contributed by atoms with Crippen LogP contribution in [0.25, 0.3) is 5.57 Å². The summed E-state index contributed by atoms with van der Waals surface area (Å²) in [4.78, 5) is 12.9. The van der Waals surface area contributed by atoms with E-state index in [1.54, 1.807) is 0 Å². The van der Waals surface area contributed by atoms with Gasteiger partial charge in [0, 0.05) is 5.92 Å². The van der Waals surface area contributed by atoms with E-state index in [1.165, 1.54) is 49.7 Å². The highest BCUT2D eigenvalue weighted by molar-refractivity contribution is 6.08. The van der Waals surface area contributed by atoms with Crippen LogP contribution in [0.2, 0.25) is 0 Å². The first-order valence-electron chi connectivity index (χ1n) is 10.2. The molecule has 0 fully saturated rings. The van der Waals surface area contributed by atoms with Gasteiger partial charge in [-0.1, -0.05) is 81.9 Å². The number of Topliss-reactive ketones (excluding diaryl/α,β-unsaturated/α-hetero) is 1. The predicted octanol–water partition coefficient (Wildman–Crippen LogP) is 7.14. The third-order valence-electron chi connectivity index (χ3n) is 5.32. The Hall–Kier alpha value is -1.63. The van der Waals surface area contributed by atoms with Gasteiger partial charge in [0.05, 0.1) is 0 Å². The molecule has 0 heterocycles. The molecule has 1 unspecified atom stereocenters. The lowest BCUT2D eigenvalue weighted by molar-refractivity contribution is -0.118. The number of ketones is 1. The summed E-state index contributed by atoms with van der Waals surface area (Å²) in [6.45, 7) is 5.94. The molecule has 1 nitrogen and oxygen atoms in total. The van der Waals surface area contributed by atoms with E-state index in [0.29, 0.717) is 5.78 Å². The fourth-order valence-electron chi connectivity index (χ4n) is 3.93. The predicted molar refractivity (Wildman–Crippen MR) is 109 cm³/mol. The molecule has 0 aliphatic heterocycles. The number of allylic oxidation sites excluding steroid dienone is 3. The second-order valence-electron chi connectivity index (χ2n) is 7.33. The SMILES string of the molecule is C=CCCCCCCCCC1CC(c2ccccc2)=C(CCC)C1=O. The van der Waals surface area contributed by atoms with Crippen LogP contribution in [0.4, 0.5) is 0 Å². The Labute approximate surface area is 154 Å². The van der Waals surface area contributed by atoms with Gasteiger partial charge in [-0.15, -0.1) is 6.58 Å². The molecule has 0 bridgehead atoms. The molecule has 25 heavy (non-hydrogen) atoms. The van der Waals surface area contributed by atoms with Crippen molar-refractivity contribution < 1.29 is 4.79 Å². The van der Waals surface area contributed by atoms with Crippen LogP contribution in [0, 0.1) is 5.92 Å². The van der Waals surface area contributed by atoms with Crippen molar-refractivity contribution in [2.24, 2.45) is 5.92 Å². The van der Waals surface area contributed by atoms with Crippen LogP contribution >= 0.6 is 0 Å². The van der Waals surface area contributed by atoms with E-state index in [1.807, 2.05) is 12.1 Å². The van der Waals surface area contributed by atoms with Crippen molar-refractivity contribution in [2.45, 2.75) is 77.6 Å². The van der Waals surface area contributed by atoms with Crippen LogP contribution in [0.15, 0.2) is 48.6 Å². The van der Waals surface area contributed by atoms with Crippen molar-refractivity contribution in [3.05, 3.63) is 54.1 Å². The van der Waals surface area contributed by atoms with Gasteiger partial charge in [0.2, 0.25) is 0 Å². The molecule has 0 N–H and O–H groups in total. The summed E-state index contributed by atoms with van der Waals surface area (Å²) < 4.78 is 0. The van der Waals surface area contributed by atoms with Gasteiger partial charge in [-0.05, 0) is 48.8 Å². The fraction of sp³-hybridized carbons (Fsp3) is 0.542. The van der Waals surface area contributed by atoms with Gasteiger partial charge in [-0.2, -0.15) is 0 Å². The number of carbonyl (C=O) groups is 1. The van der Waals surface area contributed by atoms with Crippen LogP contribution < -0.4 is 0 Å². The summed E-state index contributed by atoms with van der Waals surface area (Å²) in [6, 6.07) is 10.5. The van der Waals surface area contributed by atoms with E-state index in [4.69, 9.17) is 0 Å². The zero-order chi connectivity index (χ0) is 17.9. The van der Waals surface area contributed by atoms with E-state index in [-0.39, 0.29) is 5.92 Å². The average Bonchev–Trinajstić information content (AvgIpc) is 2.95. The molecular weight excluding hydrogens is 304 g/mol. The minimum absolute atomic E-state index is 0.234. The molecular formula is C24H34O. The number of hydrogen-bond acceptors (Lipinski definition) is 1. The third kappa shape index (κ3) is 5.99. The highest BCUT2D eigenvalue weighted by atomic mass is 16.1. The first-order chi connectivity index (χ1) is 12.3. The van der Waals surface area contributed by atoms with E-state index >= 15 is 0 Å². The smallest absolute Gasteiger partial charge is 0.162 e. The topological polar surface area (TPSA) is 17.1 Å². The Morgan fingerprint density at radius 3 is 2.40 bits per heavy atom. The minimum Gasteiger partial charge on any atom is -0.294 e. The van der Waals surface area contributed by atoms with Gasteiger partial charge < -0.3 is 0 Å². The lowest BCUT2D eigenvalue weighted by atomic mass is 9.94. The maximum absolute atomic E-state index is 12.9. The second kappa shape index (κ2) is 11.1. The molecule has 1 aromatic rings. The Balaban J connectivity index is 1.80. The zero-order valence-corrected chi connectivity index (χ0v) is 15.9. The quantitative estimate of drug-likeness (QED) is 0.292. The van der Waals surface area contributed by atoms with Gasteiger partial charge in [0.1, 0.15) is 0 Å². The van der Waals surface area contributed by atoms with Crippen LogP contribution in [-0.4, -0.2) is 5.78 Å². The molecule has 1 aromatic carbocycles. The van der Waals surface area contributed by atoms with Gasteiger partial charge >= 0.3 is 0 Å². The number of carbonyl (C=O) groups excluding carboxylic acids is 1. The summed E-state index contributed by atoms with van der Waals surface area (Å²) in [5.74, 6) is 0.671. The lowest BCUT2D eigenvalue weighted by Gasteiger charge is -2.09. The summed E-state index contributed by atoms with van der Waals surface area (Å²) in [6.07, 6.45) is 14.8. The molecule has 0 amide bonds. The molecule has 0 saturated heterocycles. The molecule has 0 radical (unpaired) electrons.